The molecular weight excluding hydrogens is 190 g/mol. The Morgan fingerprint density at radius 1 is 1.54 bits per heavy atom. The molecular formula is C8H15NO3S. The molecule has 1 aliphatic heterocycles. The fourth-order valence-electron chi connectivity index (χ4n) is 1.62. The predicted molar refractivity (Wildman–Crippen MR) is 50.1 cm³/mol. The minimum absolute atomic E-state index is 0.0811. The van der Waals surface area contributed by atoms with Crippen molar-refractivity contribution < 1.29 is 13.2 Å². The van der Waals surface area contributed by atoms with Crippen LogP contribution in [0.15, 0.2) is 0 Å². The Balaban J connectivity index is 2.57. The number of hydrogen-bond acceptors (Lipinski definition) is 3. The van der Waals surface area contributed by atoms with E-state index in [4.69, 9.17) is 0 Å². The Kier molecular flexibility index (Phi) is 3.30. The van der Waals surface area contributed by atoms with E-state index in [1.807, 2.05) is 6.92 Å². The quantitative estimate of drug-likeness (QED) is 0.609. The summed E-state index contributed by atoms with van der Waals surface area (Å²) in [5.41, 5.74) is 0. The predicted octanol–water partition coefficient (Wildman–Crippen LogP) is 0.0419. The number of rotatable bonds is 4. The first-order chi connectivity index (χ1) is 6.09. The maximum absolute atomic E-state index is 11.1. The lowest BCUT2D eigenvalue weighted by Gasteiger charge is -2.22. The number of sulfone groups is 1. The first-order valence-corrected chi connectivity index (χ1v) is 6.32. The minimum atomic E-state index is -2.87. The van der Waals surface area contributed by atoms with Gasteiger partial charge >= 0.3 is 0 Å². The molecule has 0 radical (unpaired) electrons. The molecule has 0 aromatic rings. The van der Waals surface area contributed by atoms with Crippen LogP contribution in [-0.2, 0) is 14.6 Å². The zero-order valence-corrected chi connectivity index (χ0v) is 8.59. The van der Waals surface area contributed by atoms with E-state index < -0.39 is 9.84 Å². The highest BCUT2D eigenvalue weighted by molar-refractivity contribution is 7.91. The standard InChI is InChI=1S/C8H15NO3S/c1-2-4-9(7-10)8-3-5-13(11,12)6-8/h7-8H,2-6H2,1H3/t8-/m0/s1. The van der Waals surface area contributed by atoms with Crippen LogP contribution in [0.4, 0.5) is 0 Å². The van der Waals surface area contributed by atoms with Crippen molar-refractivity contribution >= 4 is 16.2 Å². The van der Waals surface area contributed by atoms with Gasteiger partial charge in [0.15, 0.2) is 9.84 Å². The van der Waals surface area contributed by atoms with E-state index in [1.165, 1.54) is 0 Å². The Morgan fingerprint density at radius 3 is 2.62 bits per heavy atom. The third kappa shape index (κ3) is 2.69. The minimum Gasteiger partial charge on any atom is -0.341 e. The molecule has 0 N–H and O–H groups in total. The van der Waals surface area contributed by atoms with Crippen LogP contribution in [0.2, 0.25) is 0 Å². The molecule has 13 heavy (non-hydrogen) atoms. The molecule has 0 aromatic carbocycles. The number of carbonyl (C=O) groups is 1. The summed E-state index contributed by atoms with van der Waals surface area (Å²) >= 11 is 0. The summed E-state index contributed by atoms with van der Waals surface area (Å²) in [6.45, 7) is 2.63. The van der Waals surface area contributed by atoms with Gasteiger partial charge in [0.25, 0.3) is 0 Å². The largest absolute Gasteiger partial charge is 0.341 e. The van der Waals surface area contributed by atoms with Gasteiger partial charge in [0.05, 0.1) is 11.5 Å². The van der Waals surface area contributed by atoms with Gasteiger partial charge in [-0.1, -0.05) is 6.92 Å². The van der Waals surface area contributed by atoms with Crippen LogP contribution in [0.25, 0.3) is 0 Å². The molecule has 1 amide bonds. The van der Waals surface area contributed by atoms with Crippen molar-refractivity contribution in [1.82, 2.24) is 4.90 Å². The highest BCUT2D eigenvalue weighted by atomic mass is 32.2. The highest BCUT2D eigenvalue weighted by Gasteiger charge is 2.31. The molecule has 1 rings (SSSR count). The van der Waals surface area contributed by atoms with E-state index in [-0.39, 0.29) is 17.5 Å². The molecule has 0 aromatic heterocycles. The van der Waals surface area contributed by atoms with Crippen molar-refractivity contribution in [2.45, 2.75) is 25.8 Å². The topological polar surface area (TPSA) is 54.5 Å². The number of hydrogen-bond donors (Lipinski definition) is 0. The SMILES string of the molecule is CCCN(C=O)[C@H]1CCS(=O)(=O)C1. The van der Waals surface area contributed by atoms with Gasteiger partial charge in [-0.05, 0) is 12.8 Å². The molecule has 0 spiro atoms. The molecule has 0 unspecified atom stereocenters. The summed E-state index contributed by atoms with van der Waals surface area (Å²) in [7, 11) is -2.87. The highest BCUT2D eigenvalue weighted by Crippen LogP contribution is 2.16. The van der Waals surface area contributed by atoms with Crippen molar-refractivity contribution in [2.24, 2.45) is 0 Å². The second-order valence-corrected chi connectivity index (χ2v) is 5.63. The van der Waals surface area contributed by atoms with Crippen molar-refractivity contribution in [1.29, 1.82) is 0 Å². The lowest BCUT2D eigenvalue weighted by atomic mass is 10.2. The normalized spacial score (nSPS) is 25.8. The van der Waals surface area contributed by atoms with Crippen LogP contribution in [0.1, 0.15) is 19.8 Å². The van der Waals surface area contributed by atoms with Crippen LogP contribution in [0.5, 0.6) is 0 Å². The molecule has 1 aliphatic rings. The van der Waals surface area contributed by atoms with E-state index >= 15 is 0 Å². The molecule has 1 atom stereocenters. The molecule has 5 heteroatoms. The molecule has 4 nitrogen and oxygen atoms in total. The lowest BCUT2D eigenvalue weighted by molar-refractivity contribution is -0.119. The summed E-state index contributed by atoms with van der Waals surface area (Å²) in [5, 5.41) is 0. The summed E-state index contributed by atoms with van der Waals surface area (Å²) in [6.07, 6.45) is 2.23. The second kappa shape index (κ2) is 4.09. The van der Waals surface area contributed by atoms with Gasteiger partial charge < -0.3 is 4.90 Å². The third-order valence-corrected chi connectivity index (χ3v) is 4.04. The zero-order chi connectivity index (χ0) is 9.90. The Hall–Kier alpha value is -0.580. The van der Waals surface area contributed by atoms with Gasteiger partial charge in [0.2, 0.25) is 6.41 Å². The molecule has 1 fully saturated rings. The van der Waals surface area contributed by atoms with Crippen LogP contribution in [0.3, 0.4) is 0 Å². The maximum Gasteiger partial charge on any atom is 0.209 e. The summed E-state index contributed by atoms with van der Waals surface area (Å²) < 4.78 is 22.2. The van der Waals surface area contributed by atoms with Crippen molar-refractivity contribution in [2.75, 3.05) is 18.1 Å². The van der Waals surface area contributed by atoms with E-state index in [2.05, 4.69) is 0 Å². The zero-order valence-electron chi connectivity index (χ0n) is 7.77. The summed E-state index contributed by atoms with van der Waals surface area (Å²) in [4.78, 5) is 12.2. The fourth-order valence-corrected chi connectivity index (χ4v) is 3.36. The van der Waals surface area contributed by atoms with Gasteiger partial charge in [0, 0.05) is 12.6 Å². The lowest BCUT2D eigenvalue weighted by Crippen LogP contribution is -2.35. The van der Waals surface area contributed by atoms with Gasteiger partial charge in [-0.15, -0.1) is 0 Å². The average Bonchev–Trinajstić information content (AvgIpc) is 2.42. The van der Waals surface area contributed by atoms with Crippen molar-refractivity contribution in [3.8, 4) is 0 Å². The first kappa shape index (κ1) is 10.5. The smallest absolute Gasteiger partial charge is 0.209 e. The van der Waals surface area contributed by atoms with Crippen molar-refractivity contribution in [3.63, 3.8) is 0 Å². The fraction of sp³-hybridized carbons (Fsp3) is 0.875. The maximum atomic E-state index is 11.1. The van der Waals surface area contributed by atoms with Gasteiger partial charge in [-0.3, -0.25) is 4.79 Å². The van der Waals surface area contributed by atoms with Crippen LogP contribution in [0, 0.1) is 0 Å². The molecule has 1 saturated heterocycles. The van der Waals surface area contributed by atoms with Crippen molar-refractivity contribution in [3.05, 3.63) is 0 Å². The number of amides is 1. The number of nitrogens with zero attached hydrogens (tertiary/aromatic N) is 1. The summed E-state index contributed by atoms with van der Waals surface area (Å²) in [5.74, 6) is 0.372. The third-order valence-electron chi connectivity index (χ3n) is 2.29. The Bertz CT molecular complexity index is 273. The van der Waals surface area contributed by atoms with Gasteiger partial charge in [0.1, 0.15) is 0 Å². The molecule has 0 aliphatic carbocycles. The van der Waals surface area contributed by atoms with E-state index in [0.717, 1.165) is 12.8 Å². The molecule has 76 valence electrons. The second-order valence-electron chi connectivity index (χ2n) is 3.40. The van der Waals surface area contributed by atoms with E-state index in [9.17, 15) is 13.2 Å². The van der Waals surface area contributed by atoms with Crippen LogP contribution >= 0.6 is 0 Å². The van der Waals surface area contributed by atoms with Gasteiger partial charge in [-0.25, -0.2) is 8.42 Å². The van der Waals surface area contributed by atoms with Crippen LogP contribution in [-0.4, -0.2) is 43.8 Å². The molecule has 0 bridgehead atoms. The Morgan fingerprint density at radius 2 is 2.23 bits per heavy atom. The monoisotopic (exact) mass is 205 g/mol. The van der Waals surface area contributed by atoms with E-state index in [0.29, 0.717) is 13.0 Å². The number of carbonyl (C=O) groups excluding carboxylic acids is 1. The molecule has 1 heterocycles. The Labute approximate surface area is 78.8 Å². The van der Waals surface area contributed by atoms with Crippen LogP contribution < -0.4 is 0 Å². The first-order valence-electron chi connectivity index (χ1n) is 4.50. The van der Waals surface area contributed by atoms with E-state index in [1.54, 1.807) is 4.90 Å². The molecule has 0 saturated carbocycles. The van der Waals surface area contributed by atoms with Gasteiger partial charge in [-0.2, -0.15) is 0 Å². The summed E-state index contributed by atoms with van der Waals surface area (Å²) in [6, 6.07) is -0.0811. The average molecular weight is 205 g/mol.